The van der Waals surface area contributed by atoms with Crippen LogP contribution in [0.3, 0.4) is 0 Å². The van der Waals surface area contributed by atoms with Crippen molar-refractivity contribution in [3.63, 3.8) is 0 Å². The van der Waals surface area contributed by atoms with Gasteiger partial charge in [-0.25, -0.2) is 0 Å². The van der Waals surface area contributed by atoms with E-state index < -0.39 is 0 Å². The lowest BCUT2D eigenvalue weighted by atomic mass is 10.2. The van der Waals surface area contributed by atoms with Crippen LogP contribution in [0.1, 0.15) is 13.8 Å². The third-order valence-electron chi connectivity index (χ3n) is 2.28. The highest BCUT2D eigenvalue weighted by Crippen LogP contribution is 2.04. The predicted octanol–water partition coefficient (Wildman–Crippen LogP) is 0.546. The highest BCUT2D eigenvalue weighted by atomic mass is 15.2. The predicted molar refractivity (Wildman–Crippen MR) is 44.1 cm³/mol. The number of rotatable bonds is 0. The van der Waals surface area contributed by atoms with Gasteiger partial charge in [0.1, 0.15) is 0 Å². The lowest BCUT2D eigenvalue weighted by molar-refractivity contribution is 0.252. The molecule has 1 saturated heterocycles. The smallest absolute Gasteiger partial charge is 0.0189 e. The van der Waals surface area contributed by atoms with Crippen molar-refractivity contribution in [3.05, 3.63) is 0 Å². The minimum atomic E-state index is 0.699. The molecule has 1 aliphatic rings. The monoisotopic (exact) mass is 142 g/mol. The summed E-state index contributed by atoms with van der Waals surface area (Å²) in [6.45, 7) is 8.11. The standard InChI is InChI=1S/C8H18N2/c1-7-4-9-5-8(2)10(3)6-7/h7-9H,4-6H2,1-3H3. The first kappa shape index (κ1) is 8.02. The van der Waals surface area contributed by atoms with Crippen molar-refractivity contribution in [2.75, 3.05) is 26.7 Å². The summed E-state index contributed by atoms with van der Waals surface area (Å²) < 4.78 is 0. The number of nitrogens with one attached hydrogen (secondary N) is 1. The molecule has 1 N–H and O–H groups in total. The van der Waals surface area contributed by atoms with Gasteiger partial charge in [0.15, 0.2) is 0 Å². The summed E-state index contributed by atoms with van der Waals surface area (Å²) >= 11 is 0. The normalized spacial score (nSPS) is 37.5. The van der Waals surface area contributed by atoms with Crippen LogP contribution in [0.25, 0.3) is 0 Å². The van der Waals surface area contributed by atoms with E-state index in [0.29, 0.717) is 6.04 Å². The van der Waals surface area contributed by atoms with E-state index >= 15 is 0 Å². The summed E-state index contributed by atoms with van der Waals surface area (Å²) in [4.78, 5) is 2.42. The second kappa shape index (κ2) is 3.35. The van der Waals surface area contributed by atoms with Crippen molar-refractivity contribution in [2.45, 2.75) is 19.9 Å². The summed E-state index contributed by atoms with van der Waals surface area (Å²) in [6, 6.07) is 0.699. The number of nitrogens with zero attached hydrogens (tertiary/aromatic N) is 1. The average Bonchev–Trinajstić information content (AvgIpc) is 1.96. The first-order valence-electron chi connectivity index (χ1n) is 4.11. The van der Waals surface area contributed by atoms with Crippen molar-refractivity contribution in [1.29, 1.82) is 0 Å². The maximum absolute atomic E-state index is 3.44. The quantitative estimate of drug-likeness (QED) is 0.531. The van der Waals surface area contributed by atoms with Gasteiger partial charge in [-0.3, -0.25) is 0 Å². The first-order chi connectivity index (χ1) is 4.70. The van der Waals surface area contributed by atoms with Gasteiger partial charge < -0.3 is 10.2 Å². The Morgan fingerprint density at radius 2 is 2.00 bits per heavy atom. The van der Waals surface area contributed by atoms with Crippen molar-refractivity contribution in [3.8, 4) is 0 Å². The molecule has 2 atom stereocenters. The molecule has 0 aromatic rings. The van der Waals surface area contributed by atoms with E-state index in [9.17, 15) is 0 Å². The molecule has 0 aromatic heterocycles. The Hall–Kier alpha value is -0.0800. The Labute approximate surface area is 63.6 Å². The number of likely N-dealkylation sites (N-methyl/N-ethyl adjacent to an activating group) is 1. The Bertz CT molecular complexity index is 103. The zero-order valence-electron chi connectivity index (χ0n) is 7.22. The van der Waals surface area contributed by atoms with Crippen LogP contribution >= 0.6 is 0 Å². The molecule has 2 nitrogen and oxygen atoms in total. The lowest BCUT2D eigenvalue weighted by Gasteiger charge is -2.22. The Balaban J connectivity index is 2.41. The number of hydrogen-bond acceptors (Lipinski definition) is 2. The van der Waals surface area contributed by atoms with Gasteiger partial charge in [-0.2, -0.15) is 0 Å². The fourth-order valence-electron chi connectivity index (χ4n) is 1.43. The van der Waals surface area contributed by atoms with E-state index in [1.807, 2.05) is 0 Å². The van der Waals surface area contributed by atoms with Gasteiger partial charge >= 0.3 is 0 Å². The van der Waals surface area contributed by atoms with E-state index in [1.54, 1.807) is 0 Å². The van der Waals surface area contributed by atoms with Crippen molar-refractivity contribution in [1.82, 2.24) is 10.2 Å². The molecule has 60 valence electrons. The van der Waals surface area contributed by atoms with Gasteiger partial charge in [0.25, 0.3) is 0 Å². The summed E-state index contributed by atoms with van der Waals surface area (Å²) in [5.74, 6) is 0.801. The zero-order chi connectivity index (χ0) is 7.56. The van der Waals surface area contributed by atoms with Crippen molar-refractivity contribution >= 4 is 0 Å². The fraction of sp³-hybridized carbons (Fsp3) is 1.00. The summed E-state index contributed by atoms with van der Waals surface area (Å²) in [7, 11) is 2.20. The maximum atomic E-state index is 3.44. The highest BCUT2D eigenvalue weighted by Gasteiger charge is 2.15. The molecule has 1 rings (SSSR count). The Morgan fingerprint density at radius 1 is 1.30 bits per heavy atom. The van der Waals surface area contributed by atoms with Crippen LogP contribution in [-0.4, -0.2) is 37.6 Å². The van der Waals surface area contributed by atoms with Crippen LogP contribution in [0.5, 0.6) is 0 Å². The molecule has 1 aliphatic heterocycles. The van der Waals surface area contributed by atoms with Gasteiger partial charge in [0.05, 0.1) is 0 Å². The third kappa shape index (κ3) is 1.96. The first-order valence-corrected chi connectivity index (χ1v) is 4.11. The summed E-state index contributed by atoms with van der Waals surface area (Å²) in [5.41, 5.74) is 0. The van der Waals surface area contributed by atoms with Crippen molar-refractivity contribution in [2.24, 2.45) is 5.92 Å². The fourth-order valence-corrected chi connectivity index (χ4v) is 1.43. The molecule has 0 radical (unpaired) electrons. The zero-order valence-corrected chi connectivity index (χ0v) is 7.22. The van der Waals surface area contributed by atoms with E-state index in [2.05, 4.69) is 31.1 Å². The molecule has 1 heterocycles. The van der Waals surface area contributed by atoms with Crippen LogP contribution in [0.15, 0.2) is 0 Å². The van der Waals surface area contributed by atoms with Gasteiger partial charge in [0, 0.05) is 19.1 Å². The van der Waals surface area contributed by atoms with Gasteiger partial charge in [-0.05, 0) is 26.4 Å². The SMILES string of the molecule is CC1CNCC(C)N(C)C1. The molecule has 10 heavy (non-hydrogen) atoms. The third-order valence-corrected chi connectivity index (χ3v) is 2.28. The van der Waals surface area contributed by atoms with Gasteiger partial charge in [-0.1, -0.05) is 6.92 Å². The summed E-state index contributed by atoms with van der Waals surface area (Å²) in [6.07, 6.45) is 0. The van der Waals surface area contributed by atoms with Crippen LogP contribution in [0.4, 0.5) is 0 Å². The molecule has 1 fully saturated rings. The Morgan fingerprint density at radius 3 is 2.70 bits per heavy atom. The number of hydrogen-bond donors (Lipinski definition) is 1. The molecule has 0 spiro atoms. The molecular formula is C8H18N2. The molecule has 0 bridgehead atoms. The highest BCUT2D eigenvalue weighted by molar-refractivity contribution is 4.74. The largest absolute Gasteiger partial charge is 0.315 e. The van der Waals surface area contributed by atoms with Gasteiger partial charge in [0.2, 0.25) is 0 Å². The Kier molecular flexibility index (Phi) is 2.69. The van der Waals surface area contributed by atoms with E-state index in [4.69, 9.17) is 0 Å². The van der Waals surface area contributed by atoms with E-state index in [1.165, 1.54) is 13.1 Å². The molecule has 0 amide bonds. The second-order valence-corrected chi connectivity index (χ2v) is 3.55. The topological polar surface area (TPSA) is 15.3 Å². The molecule has 2 unspecified atom stereocenters. The van der Waals surface area contributed by atoms with Crippen LogP contribution in [0, 0.1) is 5.92 Å². The minimum absolute atomic E-state index is 0.699. The molecule has 0 saturated carbocycles. The van der Waals surface area contributed by atoms with Crippen LogP contribution in [0.2, 0.25) is 0 Å². The molecular weight excluding hydrogens is 124 g/mol. The average molecular weight is 142 g/mol. The molecule has 0 aromatic carbocycles. The second-order valence-electron chi connectivity index (χ2n) is 3.55. The van der Waals surface area contributed by atoms with Crippen LogP contribution in [-0.2, 0) is 0 Å². The van der Waals surface area contributed by atoms with Gasteiger partial charge in [-0.15, -0.1) is 0 Å². The minimum Gasteiger partial charge on any atom is -0.315 e. The molecule has 2 heteroatoms. The van der Waals surface area contributed by atoms with Crippen molar-refractivity contribution < 1.29 is 0 Å². The molecule has 0 aliphatic carbocycles. The van der Waals surface area contributed by atoms with Crippen LogP contribution < -0.4 is 5.32 Å². The van der Waals surface area contributed by atoms with E-state index in [0.717, 1.165) is 12.5 Å². The van der Waals surface area contributed by atoms with E-state index in [-0.39, 0.29) is 0 Å². The lowest BCUT2D eigenvalue weighted by Crippen LogP contribution is -2.34. The summed E-state index contributed by atoms with van der Waals surface area (Å²) in [5, 5.41) is 3.44. The maximum Gasteiger partial charge on any atom is 0.0189 e.